The van der Waals surface area contributed by atoms with Gasteiger partial charge in [0, 0.05) is 11.4 Å². The van der Waals surface area contributed by atoms with Crippen LogP contribution in [-0.2, 0) is 0 Å². The fourth-order valence-electron chi connectivity index (χ4n) is 2.16. The van der Waals surface area contributed by atoms with E-state index >= 15 is 0 Å². The lowest BCUT2D eigenvalue weighted by Gasteiger charge is -2.10. The normalized spacial score (nSPS) is 10.5. The van der Waals surface area contributed by atoms with E-state index in [2.05, 4.69) is 17.2 Å². The molecule has 2 rings (SSSR count). The molecule has 4 nitrogen and oxygen atoms in total. The van der Waals surface area contributed by atoms with Gasteiger partial charge >= 0.3 is 0 Å². The summed E-state index contributed by atoms with van der Waals surface area (Å²) in [4.78, 5) is 4.40. The fourth-order valence-corrected chi connectivity index (χ4v) is 2.16. The number of benzene rings is 1. The van der Waals surface area contributed by atoms with Gasteiger partial charge in [-0.15, -0.1) is 0 Å². The molecule has 0 spiro atoms. The first-order valence-corrected chi connectivity index (χ1v) is 7.92. The molecule has 3 N–H and O–H groups in total. The average Bonchev–Trinajstić information content (AvgIpc) is 2.52. The van der Waals surface area contributed by atoms with E-state index in [1.54, 1.807) is 0 Å². The highest BCUT2D eigenvalue weighted by molar-refractivity contribution is 5.68. The minimum absolute atomic E-state index is 0.641. The summed E-state index contributed by atoms with van der Waals surface area (Å²) in [6, 6.07) is 11.6. The number of anilines is 3. The van der Waals surface area contributed by atoms with E-state index in [9.17, 15) is 0 Å². The van der Waals surface area contributed by atoms with Crippen LogP contribution < -0.4 is 15.8 Å². The summed E-state index contributed by atoms with van der Waals surface area (Å²) in [5.74, 6) is 1.58. The van der Waals surface area contributed by atoms with E-state index in [1.807, 2.05) is 43.3 Å². The van der Waals surface area contributed by atoms with Gasteiger partial charge in [-0.3, -0.25) is 0 Å². The number of nitrogens with one attached hydrogen (secondary N) is 1. The third-order valence-corrected chi connectivity index (χ3v) is 3.45. The molecule has 4 heteroatoms. The zero-order valence-corrected chi connectivity index (χ0v) is 13.4. The van der Waals surface area contributed by atoms with E-state index in [0.29, 0.717) is 11.5 Å². The predicted octanol–water partition coefficient (Wildman–Crippen LogP) is 4.67. The molecular formula is C18H25N3O. The van der Waals surface area contributed by atoms with Crippen LogP contribution in [0.25, 0.3) is 0 Å². The lowest BCUT2D eigenvalue weighted by molar-refractivity contribution is 0.305. The van der Waals surface area contributed by atoms with Crippen molar-refractivity contribution in [2.75, 3.05) is 17.7 Å². The Morgan fingerprint density at radius 1 is 1.05 bits per heavy atom. The van der Waals surface area contributed by atoms with Crippen molar-refractivity contribution in [2.45, 2.75) is 39.5 Å². The summed E-state index contributed by atoms with van der Waals surface area (Å²) in [5.41, 5.74) is 8.45. The number of pyridine rings is 1. The van der Waals surface area contributed by atoms with Crippen molar-refractivity contribution in [3.8, 4) is 5.75 Å². The van der Waals surface area contributed by atoms with Crippen LogP contribution in [0.1, 0.15) is 38.3 Å². The maximum absolute atomic E-state index is 5.92. The zero-order chi connectivity index (χ0) is 15.8. The lowest BCUT2D eigenvalue weighted by atomic mass is 10.2. The van der Waals surface area contributed by atoms with Crippen LogP contribution in [0.3, 0.4) is 0 Å². The average molecular weight is 299 g/mol. The molecule has 1 aromatic carbocycles. The number of aromatic nitrogens is 1. The topological polar surface area (TPSA) is 60.2 Å². The standard InChI is InChI=1S/C18H25N3O/c1-3-4-5-6-13-22-16-10-8-15(9-11-16)21-18-17(19)12-7-14(2)20-18/h7-12H,3-6,13,19H2,1-2H3,(H,20,21). The zero-order valence-electron chi connectivity index (χ0n) is 13.4. The maximum Gasteiger partial charge on any atom is 0.153 e. The Kier molecular flexibility index (Phi) is 6.07. The van der Waals surface area contributed by atoms with Gasteiger partial charge in [0.25, 0.3) is 0 Å². The van der Waals surface area contributed by atoms with Gasteiger partial charge in [-0.25, -0.2) is 4.98 Å². The van der Waals surface area contributed by atoms with Crippen molar-refractivity contribution in [1.82, 2.24) is 4.98 Å². The molecule has 0 aliphatic rings. The number of nitrogens with two attached hydrogens (primary N) is 1. The quantitative estimate of drug-likeness (QED) is 0.695. The molecule has 0 saturated carbocycles. The van der Waals surface area contributed by atoms with Gasteiger partial charge in [-0.1, -0.05) is 26.2 Å². The van der Waals surface area contributed by atoms with Crippen molar-refractivity contribution in [3.05, 3.63) is 42.1 Å². The van der Waals surface area contributed by atoms with Crippen molar-refractivity contribution in [1.29, 1.82) is 0 Å². The Bertz CT molecular complexity index is 581. The Morgan fingerprint density at radius 3 is 2.55 bits per heavy atom. The summed E-state index contributed by atoms with van der Waals surface area (Å²) in [6.45, 7) is 4.93. The van der Waals surface area contributed by atoms with Crippen LogP contribution in [0, 0.1) is 6.92 Å². The van der Waals surface area contributed by atoms with Crippen molar-refractivity contribution in [2.24, 2.45) is 0 Å². The van der Waals surface area contributed by atoms with E-state index in [4.69, 9.17) is 10.5 Å². The molecular weight excluding hydrogens is 274 g/mol. The van der Waals surface area contributed by atoms with Crippen molar-refractivity contribution < 1.29 is 4.74 Å². The Balaban J connectivity index is 1.87. The van der Waals surface area contributed by atoms with Crippen LogP contribution in [0.2, 0.25) is 0 Å². The minimum atomic E-state index is 0.641. The second-order valence-electron chi connectivity index (χ2n) is 5.45. The molecule has 0 unspecified atom stereocenters. The van der Waals surface area contributed by atoms with Crippen LogP contribution in [-0.4, -0.2) is 11.6 Å². The molecule has 22 heavy (non-hydrogen) atoms. The summed E-state index contributed by atoms with van der Waals surface area (Å²) in [6.07, 6.45) is 4.86. The molecule has 0 radical (unpaired) electrons. The van der Waals surface area contributed by atoms with Gasteiger partial charge < -0.3 is 15.8 Å². The van der Waals surface area contributed by atoms with Gasteiger partial charge in [-0.05, 0) is 49.7 Å². The highest BCUT2D eigenvalue weighted by Crippen LogP contribution is 2.23. The van der Waals surface area contributed by atoms with E-state index in [1.165, 1.54) is 19.3 Å². The van der Waals surface area contributed by atoms with E-state index in [0.717, 1.165) is 30.2 Å². The second-order valence-corrected chi connectivity index (χ2v) is 5.45. The van der Waals surface area contributed by atoms with Gasteiger partial charge in [0.1, 0.15) is 5.75 Å². The Morgan fingerprint density at radius 2 is 1.82 bits per heavy atom. The lowest BCUT2D eigenvalue weighted by Crippen LogP contribution is -2.00. The molecule has 0 amide bonds. The van der Waals surface area contributed by atoms with Crippen molar-refractivity contribution >= 4 is 17.2 Å². The van der Waals surface area contributed by atoms with Gasteiger partial charge in [0.05, 0.1) is 12.3 Å². The third-order valence-electron chi connectivity index (χ3n) is 3.45. The number of rotatable bonds is 8. The van der Waals surface area contributed by atoms with Crippen LogP contribution in [0.15, 0.2) is 36.4 Å². The molecule has 1 aromatic heterocycles. The second kappa shape index (κ2) is 8.27. The molecule has 118 valence electrons. The van der Waals surface area contributed by atoms with Gasteiger partial charge in [-0.2, -0.15) is 0 Å². The first-order chi connectivity index (χ1) is 10.7. The summed E-state index contributed by atoms with van der Waals surface area (Å²) >= 11 is 0. The molecule has 0 aliphatic carbocycles. The van der Waals surface area contributed by atoms with Crippen molar-refractivity contribution in [3.63, 3.8) is 0 Å². The highest BCUT2D eigenvalue weighted by Gasteiger charge is 2.02. The summed E-state index contributed by atoms with van der Waals surface area (Å²) in [5, 5.41) is 3.23. The molecule has 0 saturated heterocycles. The first kappa shape index (κ1) is 16.1. The fraction of sp³-hybridized carbons (Fsp3) is 0.389. The number of ether oxygens (including phenoxy) is 1. The Hall–Kier alpha value is -2.23. The largest absolute Gasteiger partial charge is 0.494 e. The number of hydrogen-bond donors (Lipinski definition) is 2. The number of aryl methyl sites for hydroxylation is 1. The molecule has 0 fully saturated rings. The smallest absolute Gasteiger partial charge is 0.153 e. The summed E-state index contributed by atoms with van der Waals surface area (Å²) < 4.78 is 5.73. The molecule has 0 atom stereocenters. The third kappa shape index (κ3) is 4.95. The van der Waals surface area contributed by atoms with Gasteiger partial charge in [0.15, 0.2) is 5.82 Å². The Labute approximate surface area is 132 Å². The molecule has 0 aliphatic heterocycles. The number of nitrogens with zero attached hydrogens (tertiary/aromatic N) is 1. The van der Waals surface area contributed by atoms with Crippen LogP contribution >= 0.6 is 0 Å². The monoisotopic (exact) mass is 299 g/mol. The molecule has 2 aromatic rings. The molecule has 0 bridgehead atoms. The van der Waals surface area contributed by atoms with Gasteiger partial charge in [0.2, 0.25) is 0 Å². The van der Waals surface area contributed by atoms with Crippen LogP contribution in [0.4, 0.5) is 17.2 Å². The highest BCUT2D eigenvalue weighted by atomic mass is 16.5. The first-order valence-electron chi connectivity index (χ1n) is 7.92. The van der Waals surface area contributed by atoms with Crippen LogP contribution in [0.5, 0.6) is 5.75 Å². The number of unbranched alkanes of at least 4 members (excludes halogenated alkanes) is 3. The molecule has 1 heterocycles. The minimum Gasteiger partial charge on any atom is -0.494 e. The SMILES string of the molecule is CCCCCCOc1ccc(Nc2nc(C)ccc2N)cc1. The number of nitrogen functional groups attached to an aromatic ring is 1. The summed E-state index contributed by atoms with van der Waals surface area (Å²) in [7, 11) is 0. The van der Waals surface area contributed by atoms with E-state index in [-0.39, 0.29) is 0 Å². The van der Waals surface area contributed by atoms with E-state index < -0.39 is 0 Å². The predicted molar refractivity (Wildman–Crippen MR) is 92.7 cm³/mol. The number of hydrogen-bond acceptors (Lipinski definition) is 4. The maximum atomic E-state index is 5.92.